The number of aromatic nitrogens is 2. The minimum atomic E-state index is -0.0880. The fraction of sp³-hybridized carbons (Fsp3) is 0.706. The number of nitrogens with zero attached hydrogens (tertiary/aromatic N) is 3. The predicted octanol–water partition coefficient (Wildman–Crippen LogP) is 2.07. The molecule has 126 valence electrons. The van der Waals surface area contributed by atoms with Gasteiger partial charge in [-0.25, -0.2) is 4.79 Å². The average molecular weight is 318 g/mol. The molecule has 0 atom stereocenters. The molecule has 6 nitrogen and oxygen atoms in total. The Morgan fingerprint density at radius 3 is 2.87 bits per heavy atom. The zero-order valence-corrected chi connectivity index (χ0v) is 13.9. The molecule has 0 unspecified atom stereocenters. The molecule has 1 aliphatic heterocycles. The molecule has 0 aromatic carbocycles. The predicted molar refractivity (Wildman–Crippen MR) is 87.2 cm³/mol. The molecule has 23 heavy (non-hydrogen) atoms. The van der Waals surface area contributed by atoms with Crippen molar-refractivity contribution in [1.29, 1.82) is 0 Å². The topological polar surface area (TPSA) is 67.4 Å². The van der Waals surface area contributed by atoms with Gasteiger partial charge in [0.1, 0.15) is 0 Å². The van der Waals surface area contributed by atoms with Gasteiger partial charge in [0.05, 0.1) is 30.1 Å². The van der Waals surface area contributed by atoms with Crippen LogP contribution in [0.3, 0.4) is 0 Å². The molecule has 1 spiro atoms. The fourth-order valence-corrected chi connectivity index (χ4v) is 3.60. The number of morpholine rings is 1. The van der Waals surface area contributed by atoms with E-state index in [0.717, 1.165) is 30.8 Å². The summed E-state index contributed by atoms with van der Waals surface area (Å²) in [6.07, 6.45) is 9.96. The number of rotatable bonds is 3. The summed E-state index contributed by atoms with van der Waals surface area (Å²) in [6.45, 7) is 4.58. The van der Waals surface area contributed by atoms with E-state index in [1.165, 1.54) is 19.3 Å². The Morgan fingerprint density at radius 2 is 2.09 bits per heavy atom. The fourth-order valence-electron chi connectivity index (χ4n) is 3.60. The maximum absolute atomic E-state index is 12.4. The van der Waals surface area contributed by atoms with Crippen molar-refractivity contribution in [2.24, 2.45) is 0 Å². The summed E-state index contributed by atoms with van der Waals surface area (Å²) in [5, 5.41) is 3.01. The van der Waals surface area contributed by atoms with Gasteiger partial charge in [-0.2, -0.15) is 0 Å². The second-order valence-corrected chi connectivity index (χ2v) is 6.58. The van der Waals surface area contributed by atoms with Crippen LogP contribution in [0.1, 0.15) is 43.5 Å². The van der Waals surface area contributed by atoms with E-state index in [1.807, 2.05) is 11.8 Å². The lowest BCUT2D eigenvalue weighted by Gasteiger charge is -2.44. The zero-order valence-electron chi connectivity index (χ0n) is 13.9. The standard InChI is InChI=1S/C17H26N4O2/c1-14-15(19-10-9-18-14)5-8-20-16(22)21-11-12-23-17(13-21)6-3-2-4-7-17/h9-10H,2-8,11-13H2,1H3,(H,20,22). The molecule has 6 heteroatoms. The number of urea groups is 1. The van der Waals surface area contributed by atoms with Crippen molar-refractivity contribution in [3.63, 3.8) is 0 Å². The first-order valence-corrected chi connectivity index (χ1v) is 8.62. The Balaban J connectivity index is 1.49. The van der Waals surface area contributed by atoms with E-state index >= 15 is 0 Å². The molecule has 1 aromatic heterocycles. The highest BCUT2D eigenvalue weighted by atomic mass is 16.5. The first-order chi connectivity index (χ1) is 11.2. The van der Waals surface area contributed by atoms with Gasteiger partial charge in [0.25, 0.3) is 0 Å². The monoisotopic (exact) mass is 318 g/mol. The van der Waals surface area contributed by atoms with E-state index in [4.69, 9.17) is 4.74 Å². The van der Waals surface area contributed by atoms with Gasteiger partial charge in [-0.15, -0.1) is 0 Å². The number of amides is 2. The van der Waals surface area contributed by atoms with E-state index in [9.17, 15) is 4.79 Å². The molecule has 1 saturated heterocycles. The molecular formula is C17H26N4O2. The zero-order chi connectivity index (χ0) is 16.1. The van der Waals surface area contributed by atoms with Crippen LogP contribution in [0.25, 0.3) is 0 Å². The normalized spacial score (nSPS) is 20.5. The molecule has 2 heterocycles. The number of carbonyl (C=O) groups excluding carboxylic acids is 1. The summed E-state index contributed by atoms with van der Waals surface area (Å²) in [4.78, 5) is 22.9. The summed E-state index contributed by atoms with van der Waals surface area (Å²) < 4.78 is 6.04. The van der Waals surface area contributed by atoms with E-state index < -0.39 is 0 Å². The van der Waals surface area contributed by atoms with Crippen LogP contribution in [0.4, 0.5) is 4.79 Å². The SMILES string of the molecule is Cc1nccnc1CCNC(=O)N1CCOC2(CCCCC2)C1. The molecule has 0 bridgehead atoms. The highest BCUT2D eigenvalue weighted by Gasteiger charge is 2.39. The molecule has 3 rings (SSSR count). The number of hydrogen-bond acceptors (Lipinski definition) is 4. The highest BCUT2D eigenvalue weighted by Crippen LogP contribution is 2.34. The summed E-state index contributed by atoms with van der Waals surface area (Å²) in [6, 6.07) is 0.0137. The lowest BCUT2D eigenvalue weighted by atomic mass is 9.83. The van der Waals surface area contributed by atoms with Crippen LogP contribution in [0.2, 0.25) is 0 Å². The van der Waals surface area contributed by atoms with E-state index in [0.29, 0.717) is 26.1 Å². The lowest BCUT2D eigenvalue weighted by Crippen LogP contribution is -2.56. The third-order valence-electron chi connectivity index (χ3n) is 4.92. The lowest BCUT2D eigenvalue weighted by molar-refractivity contribution is -0.116. The molecule has 1 saturated carbocycles. The Hall–Kier alpha value is -1.69. The van der Waals surface area contributed by atoms with Crippen molar-refractivity contribution in [1.82, 2.24) is 20.2 Å². The van der Waals surface area contributed by atoms with Gasteiger partial charge in [-0.05, 0) is 19.8 Å². The van der Waals surface area contributed by atoms with Crippen molar-refractivity contribution >= 4 is 6.03 Å². The second kappa shape index (κ2) is 7.25. The molecule has 1 aliphatic carbocycles. The summed E-state index contributed by atoms with van der Waals surface area (Å²) >= 11 is 0. The Morgan fingerprint density at radius 1 is 1.30 bits per heavy atom. The van der Waals surface area contributed by atoms with Crippen LogP contribution in [0.15, 0.2) is 12.4 Å². The Labute approximate surface area is 137 Å². The number of carbonyl (C=O) groups is 1. The largest absolute Gasteiger partial charge is 0.371 e. The minimum absolute atomic E-state index is 0.0137. The van der Waals surface area contributed by atoms with Crippen molar-refractivity contribution in [2.45, 2.75) is 51.0 Å². The summed E-state index contributed by atoms with van der Waals surface area (Å²) in [5.41, 5.74) is 1.78. The van der Waals surface area contributed by atoms with Gasteiger partial charge >= 0.3 is 6.03 Å². The van der Waals surface area contributed by atoms with E-state index in [2.05, 4.69) is 15.3 Å². The third kappa shape index (κ3) is 3.99. The van der Waals surface area contributed by atoms with Gasteiger partial charge in [0, 0.05) is 31.9 Å². The quantitative estimate of drug-likeness (QED) is 0.926. The van der Waals surface area contributed by atoms with Crippen molar-refractivity contribution < 1.29 is 9.53 Å². The number of nitrogens with one attached hydrogen (secondary N) is 1. The van der Waals surface area contributed by atoms with Crippen LogP contribution in [-0.2, 0) is 11.2 Å². The minimum Gasteiger partial charge on any atom is -0.371 e. The van der Waals surface area contributed by atoms with Crippen molar-refractivity contribution in [3.05, 3.63) is 23.8 Å². The molecule has 2 fully saturated rings. The number of ether oxygens (including phenoxy) is 1. The molecular weight excluding hydrogens is 292 g/mol. The Kier molecular flexibility index (Phi) is 5.10. The number of hydrogen-bond donors (Lipinski definition) is 1. The maximum atomic E-state index is 12.4. The molecule has 2 amide bonds. The van der Waals surface area contributed by atoms with Gasteiger partial charge in [0.2, 0.25) is 0 Å². The van der Waals surface area contributed by atoms with Crippen molar-refractivity contribution in [2.75, 3.05) is 26.2 Å². The van der Waals surface area contributed by atoms with Crippen LogP contribution < -0.4 is 5.32 Å². The molecule has 1 aromatic rings. The average Bonchev–Trinajstić information content (AvgIpc) is 2.57. The molecule has 0 radical (unpaired) electrons. The third-order valence-corrected chi connectivity index (χ3v) is 4.92. The van der Waals surface area contributed by atoms with Gasteiger partial charge in [0.15, 0.2) is 0 Å². The smallest absolute Gasteiger partial charge is 0.317 e. The maximum Gasteiger partial charge on any atom is 0.317 e. The van der Waals surface area contributed by atoms with Crippen LogP contribution in [0, 0.1) is 6.92 Å². The van der Waals surface area contributed by atoms with E-state index in [-0.39, 0.29) is 11.6 Å². The van der Waals surface area contributed by atoms with Crippen LogP contribution in [-0.4, -0.2) is 52.7 Å². The van der Waals surface area contributed by atoms with Gasteiger partial charge < -0.3 is 15.0 Å². The van der Waals surface area contributed by atoms with Crippen molar-refractivity contribution in [3.8, 4) is 0 Å². The van der Waals surface area contributed by atoms with Gasteiger partial charge in [-0.3, -0.25) is 9.97 Å². The first-order valence-electron chi connectivity index (χ1n) is 8.62. The first kappa shape index (κ1) is 16.2. The molecule has 2 aliphatic rings. The second-order valence-electron chi connectivity index (χ2n) is 6.58. The highest BCUT2D eigenvalue weighted by molar-refractivity contribution is 5.74. The van der Waals surface area contributed by atoms with Crippen LogP contribution in [0.5, 0.6) is 0 Å². The van der Waals surface area contributed by atoms with Crippen LogP contribution >= 0.6 is 0 Å². The summed E-state index contributed by atoms with van der Waals surface area (Å²) in [7, 11) is 0. The van der Waals surface area contributed by atoms with E-state index in [1.54, 1.807) is 12.4 Å². The summed E-state index contributed by atoms with van der Waals surface area (Å²) in [5.74, 6) is 0. The Bertz CT molecular complexity index is 538. The van der Waals surface area contributed by atoms with Gasteiger partial charge in [-0.1, -0.05) is 19.3 Å². The number of aryl methyl sites for hydroxylation is 1. The molecule has 1 N–H and O–H groups in total.